The molecule has 0 N–H and O–H groups in total. The van der Waals surface area contributed by atoms with Crippen molar-refractivity contribution in [3.63, 3.8) is 0 Å². The predicted octanol–water partition coefficient (Wildman–Crippen LogP) is 4.66. The van der Waals surface area contributed by atoms with Gasteiger partial charge in [-0.3, -0.25) is 4.79 Å². The minimum Gasteiger partial charge on any atom is -0.295 e. The van der Waals surface area contributed by atoms with Gasteiger partial charge in [0.15, 0.2) is 5.78 Å². The Morgan fingerprint density at radius 2 is 1.88 bits per heavy atom. The van der Waals surface area contributed by atoms with E-state index in [2.05, 4.69) is 13.0 Å². The van der Waals surface area contributed by atoms with Crippen LogP contribution >= 0.6 is 0 Å². The molecular weight excluding hydrogens is 196 g/mol. The molecule has 0 saturated heterocycles. The van der Waals surface area contributed by atoms with Crippen molar-refractivity contribution in [1.29, 1.82) is 0 Å². The molecule has 0 heterocycles. The van der Waals surface area contributed by atoms with Crippen LogP contribution in [-0.2, 0) is 4.79 Å². The molecule has 1 aliphatic rings. The van der Waals surface area contributed by atoms with E-state index < -0.39 is 0 Å². The predicted molar refractivity (Wildman–Crippen MR) is 69.5 cm³/mol. The second-order valence-electron chi connectivity index (χ2n) is 4.99. The molecule has 1 fully saturated rings. The summed E-state index contributed by atoms with van der Waals surface area (Å²) in [6.07, 6.45) is 16.2. The van der Waals surface area contributed by atoms with Gasteiger partial charge in [-0.1, -0.05) is 51.5 Å². The minimum absolute atomic E-state index is 0.348. The van der Waals surface area contributed by atoms with Crippen molar-refractivity contribution in [3.8, 4) is 0 Å². The van der Waals surface area contributed by atoms with Crippen LogP contribution in [0.5, 0.6) is 0 Å². The van der Waals surface area contributed by atoms with Gasteiger partial charge in [0, 0.05) is 5.92 Å². The highest BCUT2D eigenvalue weighted by molar-refractivity contribution is 5.91. The van der Waals surface area contributed by atoms with Gasteiger partial charge in [0.05, 0.1) is 0 Å². The summed E-state index contributed by atoms with van der Waals surface area (Å²) in [6.45, 7) is 2.22. The Hall–Kier alpha value is -0.590. The molecule has 0 atom stereocenters. The maximum Gasteiger partial charge on any atom is 0.158 e. The Balaban J connectivity index is 2.10. The highest BCUT2D eigenvalue weighted by atomic mass is 16.1. The molecule has 1 rings (SSSR count). The SMILES string of the molecule is CCCCCC/C=C/C(=O)C1CCCCC1. The number of ketones is 1. The molecule has 92 valence electrons. The fraction of sp³-hybridized carbons (Fsp3) is 0.800. The molecule has 0 unspecified atom stereocenters. The molecule has 0 aromatic heterocycles. The first-order chi connectivity index (χ1) is 7.84. The van der Waals surface area contributed by atoms with Crippen molar-refractivity contribution in [3.05, 3.63) is 12.2 Å². The Kier molecular flexibility index (Phi) is 7.20. The lowest BCUT2D eigenvalue weighted by Crippen LogP contribution is -2.15. The van der Waals surface area contributed by atoms with Crippen molar-refractivity contribution >= 4 is 5.78 Å². The Labute approximate surface area is 100 Å². The Morgan fingerprint density at radius 1 is 1.12 bits per heavy atom. The van der Waals surface area contributed by atoms with E-state index >= 15 is 0 Å². The van der Waals surface area contributed by atoms with Crippen molar-refractivity contribution in [2.75, 3.05) is 0 Å². The molecular formula is C15H26O. The average molecular weight is 222 g/mol. The second-order valence-corrected chi connectivity index (χ2v) is 4.99. The van der Waals surface area contributed by atoms with Crippen LogP contribution < -0.4 is 0 Å². The summed E-state index contributed by atoms with van der Waals surface area (Å²) < 4.78 is 0. The van der Waals surface area contributed by atoms with Gasteiger partial charge in [-0.15, -0.1) is 0 Å². The van der Waals surface area contributed by atoms with E-state index in [1.807, 2.05) is 6.08 Å². The van der Waals surface area contributed by atoms with Crippen molar-refractivity contribution in [1.82, 2.24) is 0 Å². The molecule has 0 amide bonds. The lowest BCUT2D eigenvalue weighted by molar-refractivity contribution is -0.119. The molecule has 0 aromatic carbocycles. The summed E-state index contributed by atoms with van der Waals surface area (Å²) in [4.78, 5) is 11.8. The molecule has 0 radical (unpaired) electrons. The van der Waals surface area contributed by atoms with Crippen LogP contribution in [0.15, 0.2) is 12.2 Å². The molecule has 1 heteroatoms. The lowest BCUT2D eigenvalue weighted by atomic mass is 9.86. The number of hydrogen-bond acceptors (Lipinski definition) is 1. The molecule has 1 aliphatic carbocycles. The fourth-order valence-corrected chi connectivity index (χ4v) is 2.41. The highest BCUT2D eigenvalue weighted by Crippen LogP contribution is 2.24. The van der Waals surface area contributed by atoms with Gasteiger partial charge in [0.2, 0.25) is 0 Å². The number of unbranched alkanes of at least 4 members (excludes halogenated alkanes) is 4. The topological polar surface area (TPSA) is 17.1 Å². The maximum atomic E-state index is 11.8. The number of rotatable bonds is 7. The number of carbonyl (C=O) groups is 1. The van der Waals surface area contributed by atoms with Gasteiger partial charge in [0.1, 0.15) is 0 Å². The van der Waals surface area contributed by atoms with E-state index in [9.17, 15) is 4.79 Å². The number of allylic oxidation sites excluding steroid dienone is 2. The van der Waals surface area contributed by atoms with Crippen molar-refractivity contribution < 1.29 is 4.79 Å². The van der Waals surface area contributed by atoms with Crippen molar-refractivity contribution in [2.45, 2.75) is 71.1 Å². The van der Waals surface area contributed by atoms with Crippen LogP contribution in [0.2, 0.25) is 0 Å². The molecule has 16 heavy (non-hydrogen) atoms. The van der Waals surface area contributed by atoms with Crippen LogP contribution in [0.25, 0.3) is 0 Å². The van der Waals surface area contributed by atoms with Crippen LogP contribution in [0.3, 0.4) is 0 Å². The third-order valence-corrected chi connectivity index (χ3v) is 3.51. The average Bonchev–Trinajstić information content (AvgIpc) is 2.34. The normalized spacial score (nSPS) is 18.1. The first-order valence-electron chi connectivity index (χ1n) is 7.05. The quantitative estimate of drug-likeness (QED) is 0.452. The zero-order chi connectivity index (χ0) is 11.6. The zero-order valence-corrected chi connectivity index (χ0v) is 10.7. The summed E-state index contributed by atoms with van der Waals surface area (Å²) in [5.74, 6) is 0.732. The van der Waals surface area contributed by atoms with Crippen LogP contribution in [-0.4, -0.2) is 5.78 Å². The summed E-state index contributed by atoms with van der Waals surface area (Å²) in [5, 5.41) is 0. The first kappa shape index (κ1) is 13.5. The van der Waals surface area contributed by atoms with Crippen LogP contribution in [0.4, 0.5) is 0 Å². The van der Waals surface area contributed by atoms with Gasteiger partial charge in [-0.25, -0.2) is 0 Å². The first-order valence-corrected chi connectivity index (χ1v) is 7.05. The standard InChI is InChI=1S/C15H26O/c1-2-3-4-5-6-10-13-15(16)14-11-8-7-9-12-14/h10,13-14H,2-9,11-12H2,1H3/b13-10+. The Bertz CT molecular complexity index is 211. The number of carbonyl (C=O) groups excluding carboxylic acids is 1. The van der Waals surface area contributed by atoms with E-state index in [0.29, 0.717) is 11.7 Å². The molecule has 0 aromatic rings. The van der Waals surface area contributed by atoms with E-state index in [-0.39, 0.29) is 0 Å². The van der Waals surface area contributed by atoms with Gasteiger partial charge >= 0.3 is 0 Å². The van der Waals surface area contributed by atoms with Gasteiger partial charge < -0.3 is 0 Å². The summed E-state index contributed by atoms with van der Waals surface area (Å²) >= 11 is 0. The van der Waals surface area contributed by atoms with E-state index in [4.69, 9.17) is 0 Å². The fourth-order valence-electron chi connectivity index (χ4n) is 2.41. The lowest BCUT2D eigenvalue weighted by Gasteiger charge is -2.18. The third-order valence-electron chi connectivity index (χ3n) is 3.51. The molecule has 0 spiro atoms. The Morgan fingerprint density at radius 3 is 2.56 bits per heavy atom. The second kappa shape index (κ2) is 8.55. The van der Waals surface area contributed by atoms with Crippen LogP contribution in [0, 0.1) is 5.92 Å². The maximum absolute atomic E-state index is 11.8. The van der Waals surface area contributed by atoms with Crippen molar-refractivity contribution in [2.24, 2.45) is 5.92 Å². The molecule has 1 saturated carbocycles. The van der Waals surface area contributed by atoms with E-state index in [1.54, 1.807) is 0 Å². The van der Waals surface area contributed by atoms with Gasteiger partial charge in [-0.05, 0) is 31.8 Å². The highest BCUT2D eigenvalue weighted by Gasteiger charge is 2.18. The molecule has 1 nitrogen and oxygen atoms in total. The van der Waals surface area contributed by atoms with Gasteiger partial charge in [0.25, 0.3) is 0 Å². The third kappa shape index (κ3) is 5.48. The van der Waals surface area contributed by atoms with E-state index in [1.165, 1.54) is 44.9 Å². The van der Waals surface area contributed by atoms with E-state index in [0.717, 1.165) is 19.3 Å². The minimum atomic E-state index is 0.348. The summed E-state index contributed by atoms with van der Waals surface area (Å²) in [7, 11) is 0. The molecule has 0 aliphatic heterocycles. The zero-order valence-electron chi connectivity index (χ0n) is 10.7. The summed E-state index contributed by atoms with van der Waals surface area (Å²) in [5.41, 5.74) is 0. The molecule has 0 bridgehead atoms. The summed E-state index contributed by atoms with van der Waals surface area (Å²) in [6, 6.07) is 0. The number of hydrogen-bond donors (Lipinski definition) is 0. The monoisotopic (exact) mass is 222 g/mol. The van der Waals surface area contributed by atoms with Crippen LogP contribution in [0.1, 0.15) is 71.1 Å². The smallest absolute Gasteiger partial charge is 0.158 e. The van der Waals surface area contributed by atoms with Gasteiger partial charge in [-0.2, -0.15) is 0 Å². The largest absolute Gasteiger partial charge is 0.295 e.